The van der Waals surface area contributed by atoms with Crippen LogP contribution >= 0.6 is 0 Å². The molecule has 120 valence electrons. The molecular weight excluding hydrogens is 308 g/mol. The molecule has 2 amide bonds. The van der Waals surface area contributed by atoms with Crippen molar-refractivity contribution >= 4 is 33.3 Å². The standard InChI is InChI=1S/C13H18N4O4S/c1-15-11-4-3-10(9-12(11)16(2)22(15,19)20)14-13(18)17-5-7-21-8-6-17/h3-4,9H,5-8H2,1-2H3,(H,14,18). The van der Waals surface area contributed by atoms with Crippen molar-refractivity contribution in [3.05, 3.63) is 18.2 Å². The van der Waals surface area contributed by atoms with E-state index < -0.39 is 10.2 Å². The molecule has 0 aromatic heterocycles. The van der Waals surface area contributed by atoms with E-state index in [9.17, 15) is 13.2 Å². The van der Waals surface area contributed by atoms with Gasteiger partial charge in [-0.05, 0) is 18.2 Å². The van der Waals surface area contributed by atoms with Crippen LogP contribution in [0.3, 0.4) is 0 Å². The summed E-state index contributed by atoms with van der Waals surface area (Å²) in [5.41, 5.74) is 1.70. The molecule has 8 nitrogen and oxygen atoms in total. The largest absolute Gasteiger partial charge is 0.378 e. The first-order valence-electron chi connectivity index (χ1n) is 6.92. The highest BCUT2D eigenvalue weighted by atomic mass is 32.2. The molecule has 22 heavy (non-hydrogen) atoms. The SMILES string of the molecule is CN1c2ccc(NC(=O)N3CCOCC3)cc2N(C)S1(=O)=O. The van der Waals surface area contributed by atoms with Gasteiger partial charge in [0.2, 0.25) is 0 Å². The van der Waals surface area contributed by atoms with E-state index in [1.165, 1.54) is 22.7 Å². The predicted octanol–water partition coefficient (Wildman–Crippen LogP) is 0.681. The van der Waals surface area contributed by atoms with Gasteiger partial charge in [-0.2, -0.15) is 8.42 Å². The number of ether oxygens (including phenoxy) is 1. The highest BCUT2D eigenvalue weighted by Crippen LogP contribution is 2.40. The Morgan fingerprint density at radius 3 is 2.45 bits per heavy atom. The number of amides is 2. The zero-order valence-electron chi connectivity index (χ0n) is 12.4. The fourth-order valence-electron chi connectivity index (χ4n) is 2.52. The Kier molecular flexibility index (Phi) is 3.61. The van der Waals surface area contributed by atoms with E-state index in [1.54, 1.807) is 23.1 Å². The molecule has 0 unspecified atom stereocenters. The van der Waals surface area contributed by atoms with Crippen LogP contribution in [0.25, 0.3) is 0 Å². The van der Waals surface area contributed by atoms with Gasteiger partial charge >= 0.3 is 16.2 Å². The number of hydrogen-bond acceptors (Lipinski definition) is 4. The quantitative estimate of drug-likeness (QED) is 0.823. The molecular formula is C13H18N4O4S. The van der Waals surface area contributed by atoms with E-state index in [4.69, 9.17) is 4.74 Å². The maximum absolute atomic E-state index is 12.2. The second-order valence-corrected chi connectivity index (χ2v) is 7.17. The molecule has 0 radical (unpaired) electrons. The summed E-state index contributed by atoms with van der Waals surface area (Å²) in [5, 5.41) is 2.80. The monoisotopic (exact) mass is 326 g/mol. The van der Waals surface area contributed by atoms with Gasteiger partial charge in [-0.1, -0.05) is 0 Å². The molecule has 9 heteroatoms. The highest BCUT2D eigenvalue weighted by Gasteiger charge is 2.35. The number of morpholine rings is 1. The molecule has 0 spiro atoms. The van der Waals surface area contributed by atoms with Gasteiger partial charge in [0.25, 0.3) is 0 Å². The van der Waals surface area contributed by atoms with Crippen molar-refractivity contribution in [3.63, 3.8) is 0 Å². The van der Waals surface area contributed by atoms with Gasteiger partial charge in [0, 0.05) is 32.9 Å². The number of benzene rings is 1. The number of fused-ring (bicyclic) bond motifs is 1. The van der Waals surface area contributed by atoms with Gasteiger partial charge in [-0.3, -0.25) is 8.61 Å². The van der Waals surface area contributed by atoms with Gasteiger partial charge in [0.1, 0.15) is 0 Å². The van der Waals surface area contributed by atoms with Crippen molar-refractivity contribution in [1.82, 2.24) is 4.90 Å². The summed E-state index contributed by atoms with van der Waals surface area (Å²) in [4.78, 5) is 13.8. The minimum absolute atomic E-state index is 0.208. The molecule has 2 aliphatic heterocycles. The van der Waals surface area contributed by atoms with E-state index in [0.29, 0.717) is 43.4 Å². The third-order valence-electron chi connectivity index (χ3n) is 3.90. The van der Waals surface area contributed by atoms with Gasteiger partial charge in [-0.15, -0.1) is 0 Å². The zero-order chi connectivity index (χ0) is 15.9. The topological polar surface area (TPSA) is 82.2 Å². The second-order valence-electron chi connectivity index (χ2n) is 5.18. The zero-order valence-corrected chi connectivity index (χ0v) is 13.3. The maximum Gasteiger partial charge on any atom is 0.326 e. The fraction of sp³-hybridized carbons (Fsp3) is 0.462. The highest BCUT2D eigenvalue weighted by molar-refractivity contribution is 7.94. The maximum atomic E-state index is 12.2. The Morgan fingerprint density at radius 1 is 1.14 bits per heavy atom. The minimum atomic E-state index is -3.50. The summed E-state index contributed by atoms with van der Waals surface area (Å²) >= 11 is 0. The second kappa shape index (κ2) is 5.33. The molecule has 0 aliphatic carbocycles. The number of nitrogens with one attached hydrogen (secondary N) is 1. The summed E-state index contributed by atoms with van der Waals surface area (Å²) in [6, 6.07) is 4.84. The van der Waals surface area contributed by atoms with Crippen LogP contribution in [0.1, 0.15) is 0 Å². The van der Waals surface area contributed by atoms with E-state index in [2.05, 4.69) is 5.32 Å². The number of nitrogens with zero attached hydrogens (tertiary/aromatic N) is 3. The average molecular weight is 326 g/mol. The van der Waals surface area contributed by atoms with Gasteiger partial charge < -0.3 is 15.0 Å². The predicted molar refractivity (Wildman–Crippen MR) is 83.6 cm³/mol. The molecule has 2 aliphatic rings. The Labute approximate surface area is 129 Å². The van der Waals surface area contributed by atoms with Gasteiger partial charge in [0.15, 0.2) is 0 Å². The lowest BCUT2D eigenvalue weighted by molar-refractivity contribution is 0.0564. The molecule has 1 saturated heterocycles. The van der Waals surface area contributed by atoms with Gasteiger partial charge in [0.05, 0.1) is 24.6 Å². The van der Waals surface area contributed by atoms with Crippen molar-refractivity contribution < 1.29 is 17.9 Å². The molecule has 3 rings (SSSR count). The minimum Gasteiger partial charge on any atom is -0.378 e. The first kappa shape index (κ1) is 14.9. The van der Waals surface area contributed by atoms with E-state index >= 15 is 0 Å². The lowest BCUT2D eigenvalue weighted by Gasteiger charge is -2.27. The molecule has 1 aromatic rings. The summed E-state index contributed by atoms with van der Waals surface area (Å²) in [6.45, 7) is 2.16. The van der Waals surface area contributed by atoms with Gasteiger partial charge in [-0.25, -0.2) is 4.79 Å². The Morgan fingerprint density at radius 2 is 1.77 bits per heavy atom. The van der Waals surface area contributed by atoms with E-state index in [1.807, 2.05) is 0 Å². The molecule has 0 saturated carbocycles. The van der Waals surface area contributed by atoms with Crippen molar-refractivity contribution in [1.29, 1.82) is 0 Å². The Balaban J connectivity index is 1.80. The molecule has 1 fully saturated rings. The summed E-state index contributed by atoms with van der Waals surface area (Å²) in [6.07, 6.45) is 0. The van der Waals surface area contributed by atoms with Crippen LogP contribution < -0.4 is 13.9 Å². The van der Waals surface area contributed by atoms with E-state index in [-0.39, 0.29) is 6.03 Å². The molecule has 1 N–H and O–H groups in total. The van der Waals surface area contributed by atoms with Crippen LogP contribution in [0.2, 0.25) is 0 Å². The molecule has 0 atom stereocenters. The lowest BCUT2D eigenvalue weighted by Crippen LogP contribution is -2.43. The Bertz CT molecular complexity index is 700. The van der Waals surface area contributed by atoms with Crippen molar-refractivity contribution in [2.75, 3.05) is 54.3 Å². The summed E-state index contributed by atoms with van der Waals surface area (Å²) in [5.74, 6) is 0. The normalized spacial score (nSPS) is 20.0. The Hall–Kier alpha value is -2.00. The average Bonchev–Trinajstić information content (AvgIpc) is 2.69. The van der Waals surface area contributed by atoms with Crippen LogP contribution in [0.4, 0.5) is 21.9 Å². The van der Waals surface area contributed by atoms with E-state index in [0.717, 1.165) is 0 Å². The van der Waals surface area contributed by atoms with Crippen LogP contribution in [0.5, 0.6) is 0 Å². The smallest absolute Gasteiger partial charge is 0.326 e. The van der Waals surface area contributed by atoms with Crippen LogP contribution in [-0.2, 0) is 14.9 Å². The number of anilines is 3. The van der Waals surface area contributed by atoms with Crippen molar-refractivity contribution in [2.45, 2.75) is 0 Å². The molecule has 1 aromatic carbocycles. The number of rotatable bonds is 1. The van der Waals surface area contributed by atoms with Crippen LogP contribution in [0, 0.1) is 0 Å². The fourth-order valence-corrected chi connectivity index (χ4v) is 3.69. The van der Waals surface area contributed by atoms with Crippen molar-refractivity contribution in [2.24, 2.45) is 0 Å². The van der Waals surface area contributed by atoms with Crippen LogP contribution in [-0.4, -0.2) is 59.7 Å². The number of urea groups is 1. The lowest BCUT2D eigenvalue weighted by atomic mass is 10.2. The number of carbonyl (C=O) groups excluding carboxylic acids is 1. The third-order valence-corrected chi connectivity index (χ3v) is 5.67. The number of hydrogen-bond donors (Lipinski definition) is 1. The number of carbonyl (C=O) groups is 1. The van der Waals surface area contributed by atoms with Crippen LogP contribution in [0.15, 0.2) is 18.2 Å². The first-order valence-corrected chi connectivity index (χ1v) is 8.31. The van der Waals surface area contributed by atoms with Crippen molar-refractivity contribution in [3.8, 4) is 0 Å². The molecule has 0 bridgehead atoms. The molecule has 2 heterocycles. The summed E-state index contributed by atoms with van der Waals surface area (Å²) < 4.78 is 31.8. The first-order chi connectivity index (χ1) is 10.4. The summed E-state index contributed by atoms with van der Waals surface area (Å²) in [7, 11) is -0.507. The third kappa shape index (κ3) is 2.35.